The van der Waals surface area contributed by atoms with Crippen molar-refractivity contribution < 1.29 is 0 Å². The van der Waals surface area contributed by atoms with Crippen molar-refractivity contribution in [1.29, 1.82) is 0 Å². The Kier molecular flexibility index (Phi) is 5.22. The van der Waals surface area contributed by atoms with Crippen molar-refractivity contribution in [2.45, 2.75) is 26.3 Å². The van der Waals surface area contributed by atoms with Crippen LogP contribution in [-0.4, -0.2) is 21.6 Å². The molecule has 0 aliphatic rings. The van der Waals surface area contributed by atoms with Gasteiger partial charge in [0.15, 0.2) is 5.65 Å². The SMILES string of the molecule is CC[C@H](NC)c1cc2nc(Cl)c(C)c(Cl)n2n1.Cl. The Morgan fingerprint density at radius 3 is 2.67 bits per heavy atom. The van der Waals surface area contributed by atoms with Gasteiger partial charge in [0.2, 0.25) is 0 Å². The first-order chi connectivity index (χ1) is 8.08. The molecule has 7 heteroatoms. The van der Waals surface area contributed by atoms with Gasteiger partial charge in [0.1, 0.15) is 10.3 Å². The number of aromatic nitrogens is 3. The van der Waals surface area contributed by atoms with Crippen LogP contribution in [0.2, 0.25) is 10.3 Å². The number of hydrogen-bond donors (Lipinski definition) is 1. The van der Waals surface area contributed by atoms with Crippen molar-refractivity contribution in [2.75, 3.05) is 7.05 Å². The third-order valence-electron chi connectivity index (χ3n) is 2.84. The zero-order chi connectivity index (χ0) is 12.6. The molecular formula is C11H15Cl3N4. The van der Waals surface area contributed by atoms with E-state index in [4.69, 9.17) is 23.2 Å². The molecular weight excluding hydrogens is 295 g/mol. The summed E-state index contributed by atoms with van der Waals surface area (Å²) >= 11 is 12.2. The number of rotatable bonds is 3. The average Bonchev–Trinajstić information content (AvgIpc) is 2.72. The quantitative estimate of drug-likeness (QED) is 0.883. The highest BCUT2D eigenvalue weighted by Crippen LogP contribution is 2.25. The molecule has 0 saturated heterocycles. The monoisotopic (exact) mass is 308 g/mol. The van der Waals surface area contributed by atoms with Crippen LogP contribution >= 0.6 is 35.6 Å². The van der Waals surface area contributed by atoms with Crippen LogP contribution in [0, 0.1) is 6.92 Å². The van der Waals surface area contributed by atoms with Crippen LogP contribution < -0.4 is 5.32 Å². The second kappa shape index (κ2) is 6.06. The topological polar surface area (TPSA) is 42.2 Å². The standard InChI is InChI=1S/C11H14Cl2N4.ClH/c1-4-7(14-3)8-5-9-15-10(12)6(2)11(13)17(9)16-8;/h5,7,14H,4H2,1-3H3;1H/t7-;/m0./s1. The number of nitrogens with one attached hydrogen (secondary N) is 1. The van der Waals surface area contributed by atoms with Gasteiger partial charge in [0, 0.05) is 11.6 Å². The number of nitrogens with zero attached hydrogens (tertiary/aromatic N) is 3. The summed E-state index contributed by atoms with van der Waals surface area (Å²) < 4.78 is 1.62. The summed E-state index contributed by atoms with van der Waals surface area (Å²) in [6, 6.07) is 2.11. The highest BCUT2D eigenvalue weighted by molar-refractivity contribution is 6.34. The Morgan fingerprint density at radius 1 is 1.44 bits per heavy atom. The lowest BCUT2D eigenvalue weighted by Gasteiger charge is -2.09. The summed E-state index contributed by atoms with van der Waals surface area (Å²) in [5, 5.41) is 8.59. The maximum Gasteiger partial charge on any atom is 0.158 e. The fourth-order valence-corrected chi connectivity index (χ4v) is 2.21. The Bertz CT molecular complexity index is 549. The summed E-state index contributed by atoms with van der Waals surface area (Å²) in [6.45, 7) is 3.92. The van der Waals surface area contributed by atoms with Crippen molar-refractivity contribution in [3.63, 3.8) is 0 Å². The summed E-state index contributed by atoms with van der Waals surface area (Å²) in [4.78, 5) is 4.26. The second-order valence-corrected chi connectivity index (χ2v) is 4.62. The van der Waals surface area contributed by atoms with Crippen molar-refractivity contribution in [1.82, 2.24) is 19.9 Å². The fraction of sp³-hybridized carbons (Fsp3) is 0.455. The molecule has 0 aromatic carbocycles. The zero-order valence-corrected chi connectivity index (χ0v) is 12.7. The Hall–Kier alpha value is -0.550. The molecule has 2 aromatic rings. The highest BCUT2D eigenvalue weighted by Gasteiger charge is 2.15. The number of halogens is 3. The molecule has 2 heterocycles. The molecule has 18 heavy (non-hydrogen) atoms. The predicted molar refractivity (Wildman–Crippen MR) is 77.1 cm³/mol. The van der Waals surface area contributed by atoms with Crippen LogP contribution in [-0.2, 0) is 0 Å². The molecule has 0 amide bonds. The van der Waals surface area contributed by atoms with Crippen molar-refractivity contribution in [3.8, 4) is 0 Å². The molecule has 0 aliphatic heterocycles. The lowest BCUT2D eigenvalue weighted by atomic mass is 10.1. The van der Waals surface area contributed by atoms with E-state index >= 15 is 0 Å². The maximum absolute atomic E-state index is 6.19. The molecule has 0 fully saturated rings. The Balaban J connectivity index is 0.00000162. The van der Waals surface area contributed by atoms with E-state index in [1.807, 2.05) is 20.0 Å². The van der Waals surface area contributed by atoms with Gasteiger partial charge in [-0.25, -0.2) is 9.50 Å². The van der Waals surface area contributed by atoms with Crippen LogP contribution in [0.25, 0.3) is 5.65 Å². The van der Waals surface area contributed by atoms with E-state index in [0.29, 0.717) is 16.0 Å². The summed E-state index contributed by atoms with van der Waals surface area (Å²) in [5.74, 6) is 0. The van der Waals surface area contributed by atoms with Crippen molar-refractivity contribution >= 4 is 41.3 Å². The molecule has 0 spiro atoms. The zero-order valence-electron chi connectivity index (χ0n) is 10.4. The molecule has 100 valence electrons. The maximum atomic E-state index is 6.19. The van der Waals surface area contributed by atoms with Gasteiger partial charge in [-0.1, -0.05) is 30.1 Å². The third kappa shape index (κ3) is 2.57. The highest BCUT2D eigenvalue weighted by atomic mass is 35.5. The summed E-state index contributed by atoms with van der Waals surface area (Å²) in [6.07, 6.45) is 0.949. The minimum Gasteiger partial charge on any atom is -0.312 e. The van der Waals surface area contributed by atoms with E-state index in [1.165, 1.54) is 0 Å². The molecule has 0 saturated carbocycles. The van der Waals surface area contributed by atoms with Crippen molar-refractivity contribution in [3.05, 3.63) is 27.6 Å². The van der Waals surface area contributed by atoms with E-state index in [9.17, 15) is 0 Å². The summed E-state index contributed by atoms with van der Waals surface area (Å²) in [5.41, 5.74) is 2.34. The molecule has 0 unspecified atom stereocenters. The Morgan fingerprint density at radius 2 is 2.11 bits per heavy atom. The van der Waals surface area contributed by atoms with E-state index < -0.39 is 0 Å². The van der Waals surface area contributed by atoms with Gasteiger partial charge >= 0.3 is 0 Å². The van der Waals surface area contributed by atoms with Crippen LogP contribution in [0.5, 0.6) is 0 Å². The predicted octanol–water partition coefficient (Wildman–Crippen LogP) is 3.44. The first-order valence-electron chi connectivity index (χ1n) is 5.47. The van der Waals surface area contributed by atoms with Crippen LogP contribution in [0.4, 0.5) is 0 Å². The fourth-order valence-electron chi connectivity index (χ4n) is 1.77. The van der Waals surface area contributed by atoms with E-state index in [2.05, 4.69) is 22.3 Å². The summed E-state index contributed by atoms with van der Waals surface area (Å²) in [7, 11) is 1.91. The van der Waals surface area contributed by atoms with Crippen LogP contribution in [0.3, 0.4) is 0 Å². The number of fused-ring (bicyclic) bond motifs is 1. The van der Waals surface area contributed by atoms with E-state index in [1.54, 1.807) is 4.52 Å². The van der Waals surface area contributed by atoms with Gasteiger partial charge < -0.3 is 5.32 Å². The minimum atomic E-state index is 0. The van der Waals surface area contributed by atoms with Gasteiger partial charge in [0.25, 0.3) is 0 Å². The van der Waals surface area contributed by atoms with Crippen LogP contribution in [0.1, 0.15) is 30.6 Å². The first-order valence-corrected chi connectivity index (χ1v) is 6.22. The average molecular weight is 310 g/mol. The molecule has 4 nitrogen and oxygen atoms in total. The van der Waals surface area contributed by atoms with E-state index in [0.717, 1.165) is 17.7 Å². The molecule has 0 bridgehead atoms. The normalized spacial score (nSPS) is 12.5. The largest absolute Gasteiger partial charge is 0.312 e. The molecule has 0 aliphatic carbocycles. The van der Waals surface area contributed by atoms with Gasteiger partial charge in [-0.05, 0) is 20.4 Å². The molecule has 1 N–H and O–H groups in total. The second-order valence-electron chi connectivity index (χ2n) is 3.91. The van der Waals surface area contributed by atoms with Gasteiger partial charge in [-0.2, -0.15) is 5.10 Å². The third-order valence-corrected chi connectivity index (χ3v) is 3.65. The van der Waals surface area contributed by atoms with E-state index in [-0.39, 0.29) is 18.4 Å². The molecule has 0 radical (unpaired) electrons. The first kappa shape index (κ1) is 15.5. The molecule has 1 atom stereocenters. The number of hydrogen-bond acceptors (Lipinski definition) is 3. The molecule has 2 rings (SSSR count). The van der Waals surface area contributed by atoms with Crippen molar-refractivity contribution in [2.24, 2.45) is 0 Å². The van der Waals surface area contributed by atoms with Gasteiger partial charge in [-0.3, -0.25) is 0 Å². The van der Waals surface area contributed by atoms with Gasteiger partial charge in [-0.15, -0.1) is 12.4 Å². The molecule has 2 aromatic heterocycles. The van der Waals surface area contributed by atoms with Crippen LogP contribution in [0.15, 0.2) is 6.07 Å². The lowest BCUT2D eigenvalue weighted by molar-refractivity contribution is 0.557. The smallest absolute Gasteiger partial charge is 0.158 e. The lowest BCUT2D eigenvalue weighted by Crippen LogP contribution is -2.15. The van der Waals surface area contributed by atoms with Gasteiger partial charge in [0.05, 0.1) is 11.7 Å². The minimum absolute atomic E-state index is 0. The Labute approximate surface area is 122 Å².